The number of piperazine rings is 1. The van der Waals surface area contributed by atoms with Crippen molar-refractivity contribution < 1.29 is 27.1 Å². The highest BCUT2D eigenvalue weighted by molar-refractivity contribution is 7.90. The number of halogens is 1. The van der Waals surface area contributed by atoms with Gasteiger partial charge in [0.1, 0.15) is 30.1 Å². The van der Waals surface area contributed by atoms with Crippen LogP contribution in [0.4, 0.5) is 15.0 Å². The maximum absolute atomic E-state index is 16.8. The van der Waals surface area contributed by atoms with E-state index in [9.17, 15) is 13.2 Å². The normalized spacial score (nSPS) is 19.8. The number of nitrogens with zero attached hydrogens (tertiary/aromatic N) is 7. The topological polar surface area (TPSA) is 133 Å². The monoisotopic (exact) mass is 923 g/mol. The van der Waals surface area contributed by atoms with Crippen LogP contribution in [0.3, 0.4) is 0 Å². The van der Waals surface area contributed by atoms with E-state index < -0.39 is 29.3 Å². The molecule has 9 rings (SSSR count). The summed E-state index contributed by atoms with van der Waals surface area (Å²) in [5.74, 6) is 3.59. The van der Waals surface area contributed by atoms with Crippen molar-refractivity contribution >= 4 is 83.1 Å². The van der Waals surface area contributed by atoms with Crippen LogP contribution < -0.4 is 4.90 Å². The van der Waals surface area contributed by atoms with Gasteiger partial charge >= 0.3 is 6.09 Å². The van der Waals surface area contributed by atoms with Crippen molar-refractivity contribution in [2.75, 3.05) is 30.9 Å². The lowest BCUT2D eigenvalue weighted by molar-refractivity contribution is -0.0366. The molecule has 12 nitrogen and oxygen atoms in total. The van der Waals surface area contributed by atoms with E-state index >= 15 is 4.39 Å². The average molecular weight is 924 g/mol. The number of sulfone groups is 1. The number of hydrogen-bond donors (Lipinski definition) is 0. The zero-order chi connectivity index (χ0) is 45.6. The van der Waals surface area contributed by atoms with Crippen LogP contribution in [-0.2, 0) is 19.3 Å². The number of fused-ring (bicyclic) bond motifs is 7. The van der Waals surface area contributed by atoms with Gasteiger partial charge in [0, 0.05) is 53.9 Å². The molecule has 4 aromatic heterocycles. The molecule has 0 spiro atoms. The summed E-state index contributed by atoms with van der Waals surface area (Å²) in [4.78, 5) is 32.5. The van der Waals surface area contributed by atoms with Gasteiger partial charge < -0.3 is 14.4 Å². The van der Waals surface area contributed by atoms with Gasteiger partial charge in [-0.15, -0.1) is 16.9 Å². The van der Waals surface area contributed by atoms with Crippen molar-refractivity contribution in [2.45, 2.75) is 140 Å². The first kappa shape index (κ1) is 44.5. The minimum absolute atomic E-state index is 0.144. The van der Waals surface area contributed by atoms with Gasteiger partial charge in [-0.1, -0.05) is 53.5 Å². The second kappa shape index (κ2) is 16.3. The molecule has 1 amide bonds. The number of carbonyl (C=O) groups is 1. The highest BCUT2D eigenvalue weighted by Gasteiger charge is 2.46. The third-order valence-corrected chi connectivity index (χ3v) is 21.9. The summed E-state index contributed by atoms with van der Waals surface area (Å²) in [5, 5.41) is 8.41. The molecule has 3 atom stereocenters. The van der Waals surface area contributed by atoms with Crippen molar-refractivity contribution in [3.8, 4) is 22.7 Å². The zero-order valence-corrected chi connectivity index (χ0v) is 41.1. The van der Waals surface area contributed by atoms with Crippen LogP contribution in [0.15, 0.2) is 41.8 Å². The second-order valence-electron chi connectivity index (χ2n) is 19.9. The Morgan fingerprint density at radius 3 is 2.30 bits per heavy atom. The minimum atomic E-state index is -3.84. The number of hydrogen-bond acceptors (Lipinski definition) is 11. The van der Waals surface area contributed by atoms with Crippen LogP contribution in [0.5, 0.6) is 0 Å². The maximum Gasteiger partial charge on any atom is 0.410 e. The standard InChI is InChI=1S/C48H58FN7O5S2Si/c1-27(2)64(28(3)4,29(5)6)22-19-33-36(49)17-14-30-23-37-35(24-51-56(37)38-13-11-12-21-60-38)40(39(30)33)42-43-34(18-20-50-42)41-44(52-46(63(10,58)59)53-45(41)62-43)54-25-31-15-16-32(26-54)55(31)47(57)61-48(7,8)9/h14,17-18,20,23-24,27-29,31-32,38H,11-13,15-16,21,25-26H2,1-10H3/t31-,32+,38?. The zero-order valence-electron chi connectivity index (χ0n) is 38.5. The molecule has 64 heavy (non-hydrogen) atoms. The largest absolute Gasteiger partial charge is 0.444 e. The lowest BCUT2D eigenvalue weighted by Crippen LogP contribution is -2.57. The number of thiophene rings is 1. The fraction of sp³-hybridized carbons (Fsp3) is 0.521. The van der Waals surface area contributed by atoms with Gasteiger partial charge in [-0.05, 0) is 93.1 Å². The number of aromatic nitrogens is 5. The Hall–Kier alpha value is -4.69. The maximum atomic E-state index is 16.8. The minimum Gasteiger partial charge on any atom is -0.444 e. The van der Waals surface area contributed by atoms with E-state index in [1.165, 1.54) is 17.4 Å². The Morgan fingerprint density at radius 2 is 1.67 bits per heavy atom. The van der Waals surface area contributed by atoms with E-state index in [-0.39, 0.29) is 29.6 Å². The molecule has 7 heterocycles. The quantitative estimate of drug-likeness (QED) is 0.0866. The van der Waals surface area contributed by atoms with E-state index in [2.05, 4.69) is 64.0 Å². The lowest BCUT2D eigenvalue weighted by atomic mass is 9.93. The molecule has 16 heteroatoms. The molecular weight excluding hydrogens is 866 g/mol. The van der Waals surface area contributed by atoms with E-state index in [4.69, 9.17) is 29.5 Å². The fourth-order valence-corrected chi connectivity index (χ4v) is 17.9. The van der Waals surface area contributed by atoms with Crippen LogP contribution in [0, 0.1) is 17.3 Å². The average Bonchev–Trinajstić information content (AvgIpc) is 3.90. The van der Waals surface area contributed by atoms with Gasteiger partial charge in [0.25, 0.3) is 0 Å². The summed E-state index contributed by atoms with van der Waals surface area (Å²) in [6, 6.07) is 7.03. The third kappa shape index (κ3) is 7.53. The highest BCUT2D eigenvalue weighted by Crippen LogP contribution is 2.48. The molecule has 3 fully saturated rings. The van der Waals surface area contributed by atoms with Crippen molar-refractivity contribution in [1.82, 2.24) is 29.6 Å². The molecule has 0 aliphatic carbocycles. The number of rotatable bonds is 7. The Bertz CT molecular complexity index is 2980. The number of benzene rings is 2. The van der Waals surface area contributed by atoms with Crippen molar-refractivity contribution in [2.24, 2.45) is 0 Å². The summed E-state index contributed by atoms with van der Waals surface area (Å²) in [6.45, 7) is 20.6. The van der Waals surface area contributed by atoms with E-state index in [0.29, 0.717) is 74.6 Å². The Morgan fingerprint density at radius 1 is 0.969 bits per heavy atom. The number of anilines is 1. The second-order valence-corrected chi connectivity index (χ2v) is 28.3. The van der Waals surface area contributed by atoms with Crippen LogP contribution in [0.1, 0.15) is 106 Å². The summed E-state index contributed by atoms with van der Waals surface area (Å²) >= 11 is 1.35. The van der Waals surface area contributed by atoms with E-state index in [0.717, 1.165) is 64.7 Å². The molecule has 0 radical (unpaired) electrons. The van der Waals surface area contributed by atoms with Gasteiger partial charge in [0.15, 0.2) is 6.23 Å². The fourth-order valence-electron chi connectivity index (χ4n) is 10.9. The Kier molecular flexibility index (Phi) is 11.4. The number of ether oxygens (including phenoxy) is 2. The molecule has 6 aromatic rings. The summed E-state index contributed by atoms with van der Waals surface area (Å²) in [5.41, 5.74) is 6.64. The summed E-state index contributed by atoms with van der Waals surface area (Å²) in [6.07, 6.45) is 8.52. The highest BCUT2D eigenvalue weighted by atomic mass is 32.2. The first-order chi connectivity index (χ1) is 30.3. The van der Waals surface area contributed by atoms with E-state index in [1.807, 2.05) is 48.7 Å². The molecule has 2 aromatic carbocycles. The molecule has 0 saturated carbocycles. The first-order valence-corrected chi connectivity index (χ1v) is 27.6. The smallest absolute Gasteiger partial charge is 0.410 e. The SMILES string of the molecule is CC(C)[Si](C#Cc1c(F)ccc2cc3c(cnn3C3CCCCO3)c(-c3nccc4c3sc3nc(S(C)(=O)=O)nc(N5C[C@H]6CC[C@@H](C5)N6C(=O)OC(C)(C)C)c34)c12)(C(C)C)C(C)C. The Labute approximate surface area is 379 Å². The molecule has 3 aliphatic rings. The first-order valence-electron chi connectivity index (χ1n) is 22.6. The van der Waals surface area contributed by atoms with Gasteiger partial charge in [-0.2, -0.15) is 5.10 Å². The molecule has 1 unspecified atom stereocenters. The molecule has 0 N–H and O–H groups in total. The summed E-state index contributed by atoms with van der Waals surface area (Å²) in [7, 11) is -6.14. The van der Waals surface area contributed by atoms with Crippen LogP contribution in [0.25, 0.3) is 53.2 Å². The van der Waals surface area contributed by atoms with Gasteiger partial charge in [0.2, 0.25) is 15.0 Å². The van der Waals surface area contributed by atoms with Crippen LogP contribution >= 0.6 is 11.3 Å². The lowest BCUT2D eigenvalue weighted by Gasteiger charge is -2.42. The molecule has 338 valence electrons. The van der Waals surface area contributed by atoms with Crippen molar-refractivity contribution in [3.63, 3.8) is 0 Å². The summed E-state index contributed by atoms with van der Waals surface area (Å²) < 4.78 is 58.1. The van der Waals surface area contributed by atoms with Gasteiger partial charge in [-0.3, -0.25) is 9.88 Å². The van der Waals surface area contributed by atoms with Crippen LogP contribution in [0.2, 0.25) is 16.6 Å². The van der Waals surface area contributed by atoms with Crippen molar-refractivity contribution in [3.05, 3.63) is 48.0 Å². The van der Waals surface area contributed by atoms with Crippen LogP contribution in [-0.4, -0.2) is 95.9 Å². The third-order valence-electron chi connectivity index (χ3n) is 13.7. The number of amides is 1. The van der Waals surface area contributed by atoms with Crippen molar-refractivity contribution in [1.29, 1.82) is 0 Å². The number of pyridine rings is 1. The van der Waals surface area contributed by atoms with Gasteiger partial charge in [-0.25, -0.2) is 32.3 Å². The van der Waals surface area contributed by atoms with Gasteiger partial charge in [0.05, 0.1) is 45.1 Å². The predicted octanol–water partition coefficient (Wildman–Crippen LogP) is 10.8. The molecular formula is C48H58FN7O5S2Si. The number of carbonyl (C=O) groups excluding carboxylic acids is 1. The molecule has 3 aliphatic heterocycles. The predicted molar refractivity (Wildman–Crippen MR) is 256 cm³/mol. The Balaban J connectivity index is 1.30. The molecule has 3 saturated heterocycles. The molecule has 2 bridgehead atoms. The van der Waals surface area contributed by atoms with E-state index in [1.54, 1.807) is 6.20 Å².